The Kier molecular flexibility index (Phi) is 6.58. The average Bonchev–Trinajstić information content (AvgIpc) is 2.96. The van der Waals surface area contributed by atoms with Crippen molar-refractivity contribution in [3.8, 4) is 0 Å². The fraction of sp³-hybridized carbons (Fsp3) is 0.588. The zero-order valence-corrected chi connectivity index (χ0v) is 15.0. The highest BCUT2D eigenvalue weighted by molar-refractivity contribution is 5.77. The first-order chi connectivity index (χ1) is 11.9. The summed E-state index contributed by atoms with van der Waals surface area (Å²) in [6, 6.07) is 3.72. The predicted molar refractivity (Wildman–Crippen MR) is 95.4 cm³/mol. The van der Waals surface area contributed by atoms with Gasteiger partial charge in [0.15, 0.2) is 0 Å². The Morgan fingerprint density at radius 3 is 2.72 bits per heavy atom. The van der Waals surface area contributed by atoms with E-state index in [0.717, 1.165) is 11.4 Å². The van der Waals surface area contributed by atoms with Gasteiger partial charge in [0.1, 0.15) is 5.82 Å². The van der Waals surface area contributed by atoms with Gasteiger partial charge < -0.3 is 25.5 Å². The monoisotopic (exact) mass is 349 g/mol. The summed E-state index contributed by atoms with van der Waals surface area (Å²) in [4.78, 5) is 31.5. The Bertz CT molecular complexity index is 590. The predicted octanol–water partition coefficient (Wildman–Crippen LogP) is -0.171. The average molecular weight is 349 g/mol. The van der Waals surface area contributed by atoms with E-state index in [1.54, 1.807) is 18.1 Å². The molecular weight excluding hydrogens is 322 g/mol. The zero-order chi connectivity index (χ0) is 18.4. The molecule has 25 heavy (non-hydrogen) atoms. The van der Waals surface area contributed by atoms with Crippen LogP contribution < -0.4 is 15.5 Å². The Morgan fingerprint density at radius 2 is 2.12 bits per heavy atom. The lowest BCUT2D eigenvalue weighted by Crippen LogP contribution is -2.40. The number of nitrogens with zero attached hydrogens (tertiary/aromatic N) is 3. The molecule has 138 valence electrons. The van der Waals surface area contributed by atoms with Gasteiger partial charge in [0.25, 0.3) is 0 Å². The number of amides is 3. The van der Waals surface area contributed by atoms with E-state index < -0.39 is 6.10 Å². The number of β-amino-alcohol motifs (C(OH)–C–C–N with tert-alkyl or cyclic N) is 1. The number of aromatic nitrogens is 1. The highest BCUT2D eigenvalue weighted by Crippen LogP contribution is 2.20. The molecule has 0 radical (unpaired) electrons. The summed E-state index contributed by atoms with van der Waals surface area (Å²) < 4.78 is 0. The minimum atomic E-state index is -0.661. The van der Waals surface area contributed by atoms with Crippen molar-refractivity contribution in [3.63, 3.8) is 0 Å². The fourth-order valence-electron chi connectivity index (χ4n) is 2.82. The first-order valence-electron chi connectivity index (χ1n) is 8.44. The molecule has 0 saturated carbocycles. The molecule has 8 heteroatoms. The van der Waals surface area contributed by atoms with Crippen LogP contribution in [0.3, 0.4) is 0 Å². The largest absolute Gasteiger partial charge is 0.391 e. The van der Waals surface area contributed by atoms with E-state index in [1.807, 2.05) is 31.1 Å². The van der Waals surface area contributed by atoms with Gasteiger partial charge in [-0.3, -0.25) is 4.79 Å². The number of urea groups is 1. The number of aliphatic hydroxyl groups excluding tert-OH is 1. The summed E-state index contributed by atoms with van der Waals surface area (Å²) in [6.45, 7) is 1.14. The lowest BCUT2D eigenvalue weighted by Gasteiger charge is -2.17. The fourth-order valence-corrected chi connectivity index (χ4v) is 2.82. The quantitative estimate of drug-likeness (QED) is 0.662. The van der Waals surface area contributed by atoms with Gasteiger partial charge in [0.2, 0.25) is 5.91 Å². The molecule has 1 aliphatic heterocycles. The molecular formula is C17H27N5O3. The van der Waals surface area contributed by atoms with E-state index in [-0.39, 0.29) is 30.8 Å². The highest BCUT2D eigenvalue weighted by atomic mass is 16.3. The van der Waals surface area contributed by atoms with Crippen LogP contribution in [0.2, 0.25) is 0 Å². The maximum absolute atomic E-state index is 12.2. The van der Waals surface area contributed by atoms with Crippen molar-refractivity contribution in [3.05, 3.63) is 23.9 Å². The van der Waals surface area contributed by atoms with Crippen molar-refractivity contribution in [2.75, 3.05) is 45.7 Å². The van der Waals surface area contributed by atoms with E-state index in [0.29, 0.717) is 19.5 Å². The number of pyridine rings is 1. The summed E-state index contributed by atoms with van der Waals surface area (Å²) >= 11 is 0. The normalized spacial score (nSPS) is 19.6. The zero-order valence-electron chi connectivity index (χ0n) is 15.0. The van der Waals surface area contributed by atoms with Crippen molar-refractivity contribution in [1.29, 1.82) is 0 Å². The van der Waals surface area contributed by atoms with Crippen molar-refractivity contribution in [1.82, 2.24) is 20.5 Å². The van der Waals surface area contributed by atoms with Gasteiger partial charge >= 0.3 is 6.03 Å². The molecule has 1 aromatic heterocycles. The molecule has 1 saturated heterocycles. The number of hydrogen-bond acceptors (Lipinski definition) is 5. The second kappa shape index (κ2) is 8.66. The molecule has 0 aromatic carbocycles. The van der Waals surface area contributed by atoms with E-state index in [2.05, 4.69) is 15.6 Å². The molecule has 0 bridgehead atoms. The molecule has 0 aliphatic carbocycles. The third-order valence-electron chi connectivity index (χ3n) is 4.38. The van der Waals surface area contributed by atoms with Crippen molar-refractivity contribution >= 4 is 17.8 Å². The second-order valence-electron chi connectivity index (χ2n) is 6.51. The number of rotatable bonds is 6. The van der Waals surface area contributed by atoms with Gasteiger partial charge in [-0.05, 0) is 18.1 Å². The molecule has 3 N–H and O–H groups in total. The highest BCUT2D eigenvalue weighted by Gasteiger charge is 2.34. The number of carbonyl (C=O) groups excluding carboxylic acids is 2. The van der Waals surface area contributed by atoms with Crippen LogP contribution in [0.25, 0.3) is 0 Å². The van der Waals surface area contributed by atoms with E-state index in [1.165, 1.54) is 0 Å². The van der Waals surface area contributed by atoms with Crippen LogP contribution in [0.1, 0.15) is 12.0 Å². The SMILES string of the molecule is CNC(=O)C[C@@H]1CN(C(=O)NCCc2ccc(N(C)C)nc2)C[C@H]1O. The van der Waals surface area contributed by atoms with Crippen LogP contribution in [0.4, 0.5) is 10.6 Å². The van der Waals surface area contributed by atoms with Crippen LogP contribution in [-0.2, 0) is 11.2 Å². The molecule has 2 rings (SSSR count). The minimum absolute atomic E-state index is 0.125. The van der Waals surface area contributed by atoms with Crippen LogP contribution in [-0.4, -0.2) is 73.8 Å². The van der Waals surface area contributed by atoms with Crippen LogP contribution >= 0.6 is 0 Å². The van der Waals surface area contributed by atoms with Crippen LogP contribution in [0, 0.1) is 5.92 Å². The molecule has 1 fully saturated rings. The Morgan fingerprint density at radius 1 is 1.36 bits per heavy atom. The van der Waals surface area contributed by atoms with Gasteiger partial charge in [-0.1, -0.05) is 6.07 Å². The number of aliphatic hydroxyl groups is 1. The van der Waals surface area contributed by atoms with E-state index in [4.69, 9.17) is 0 Å². The number of nitrogens with one attached hydrogen (secondary N) is 2. The molecule has 2 atom stereocenters. The lowest BCUT2D eigenvalue weighted by molar-refractivity contribution is -0.122. The van der Waals surface area contributed by atoms with E-state index in [9.17, 15) is 14.7 Å². The Labute approximate surface area is 148 Å². The maximum atomic E-state index is 12.2. The summed E-state index contributed by atoms with van der Waals surface area (Å²) in [5.74, 6) is 0.550. The van der Waals surface area contributed by atoms with Gasteiger partial charge in [0.05, 0.1) is 6.10 Å². The molecule has 2 heterocycles. The van der Waals surface area contributed by atoms with Gasteiger partial charge in [-0.15, -0.1) is 0 Å². The van der Waals surface area contributed by atoms with Gasteiger partial charge in [-0.2, -0.15) is 0 Å². The number of hydrogen-bond donors (Lipinski definition) is 3. The summed E-state index contributed by atoms with van der Waals surface area (Å²) in [5.41, 5.74) is 1.05. The van der Waals surface area contributed by atoms with Crippen LogP contribution in [0.15, 0.2) is 18.3 Å². The molecule has 8 nitrogen and oxygen atoms in total. The third kappa shape index (κ3) is 5.32. The summed E-state index contributed by atoms with van der Waals surface area (Å²) in [7, 11) is 5.43. The van der Waals surface area contributed by atoms with Crippen molar-refractivity contribution in [2.24, 2.45) is 5.92 Å². The smallest absolute Gasteiger partial charge is 0.317 e. The third-order valence-corrected chi connectivity index (χ3v) is 4.38. The lowest BCUT2D eigenvalue weighted by atomic mass is 10.0. The standard InChI is InChI=1S/C17H27N5O3/c1-18-16(24)8-13-10-22(11-14(13)23)17(25)19-7-6-12-4-5-15(20-9-12)21(2)3/h4-5,9,13-14,23H,6-8,10-11H2,1-3H3,(H,18,24)(H,19,25)/t13-,14-/m1/s1. The van der Waals surface area contributed by atoms with E-state index >= 15 is 0 Å². The summed E-state index contributed by atoms with van der Waals surface area (Å²) in [5, 5.41) is 15.4. The number of likely N-dealkylation sites (tertiary alicyclic amines) is 1. The minimum Gasteiger partial charge on any atom is -0.391 e. The Hall–Kier alpha value is -2.35. The molecule has 1 aliphatic rings. The number of carbonyl (C=O) groups is 2. The van der Waals surface area contributed by atoms with Crippen molar-refractivity contribution in [2.45, 2.75) is 18.9 Å². The topological polar surface area (TPSA) is 97.8 Å². The first kappa shape index (κ1) is 19.0. The summed E-state index contributed by atoms with van der Waals surface area (Å²) in [6.07, 6.45) is 2.06. The first-order valence-corrected chi connectivity index (χ1v) is 8.44. The molecule has 0 unspecified atom stereocenters. The molecule has 0 spiro atoms. The van der Waals surface area contributed by atoms with Gasteiger partial charge in [-0.25, -0.2) is 9.78 Å². The Balaban J connectivity index is 1.76. The maximum Gasteiger partial charge on any atom is 0.317 e. The molecule has 3 amide bonds. The van der Waals surface area contributed by atoms with Gasteiger partial charge in [0, 0.05) is 59.3 Å². The molecule has 1 aromatic rings. The number of anilines is 1. The second-order valence-corrected chi connectivity index (χ2v) is 6.51. The van der Waals surface area contributed by atoms with Crippen LogP contribution in [0.5, 0.6) is 0 Å². The van der Waals surface area contributed by atoms with Crippen molar-refractivity contribution < 1.29 is 14.7 Å².